The van der Waals surface area contributed by atoms with Gasteiger partial charge in [-0.15, -0.1) is 0 Å². The zero-order valence-corrected chi connectivity index (χ0v) is 23.2. The fourth-order valence-electron chi connectivity index (χ4n) is 4.20. The van der Waals surface area contributed by atoms with E-state index in [1.807, 2.05) is 30.3 Å². The van der Waals surface area contributed by atoms with E-state index in [4.69, 9.17) is 29.0 Å². The van der Waals surface area contributed by atoms with Crippen LogP contribution < -0.4 is 14.2 Å². The van der Waals surface area contributed by atoms with Crippen LogP contribution in [0.15, 0.2) is 59.1 Å². The van der Waals surface area contributed by atoms with Crippen molar-refractivity contribution in [2.24, 2.45) is 0 Å². The molecule has 196 valence electrons. The van der Waals surface area contributed by atoms with Gasteiger partial charge in [0, 0.05) is 24.8 Å². The predicted octanol–water partition coefficient (Wildman–Crippen LogP) is 6.19. The number of imidazole rings is 1. The van der Waals surface area contributed by atoms with Gasteiger partial charge in [-0.25, -0.2) is 4.98 Å². The third kappa shape index (κ3) is 5.92. The zero-order chi connectivity index (χ0) is 26.4. The Hall–Kier alpha value is -3.07. The van der Waals surface area contributed by atoms with Crippen molar-refractivity contribution in [3.8, 4) is 28.6 Å². The van der Waals surface area contributed by atoms with Gasteiger partial charge in [-0.3, -0.25) is 0 Å². The molecule has 0 amide bonds. The molecule has 0 bridgehead atoms. The fourth-order valence-corrected chi connectivity index (χ4v) is 4.70. The topological polar surface area (TPSA) is 75.0 Å². The highest BCUT2D eigenvalue weighted by Crippen LogP contribution is 2.39. The number of fused-ring (bicyclic) bond motifs is 1. The van der Waals surface area contributed by atoms with Crippen LogP contribution >= 0.6 is 15.9 Å². The Morgan fingerprint density at radius 2 is 1.65 bits per heavy atom. The fraction of sp³-hybridized carbons (Fsp3) is 0.345. The van der Waals surface area contributed by atoms with Crippen LogP contribution in [0.5, 0.6) is 17.2 Å². The SMILES string of the molecule is COCCn1c(-c2ccc(C(C)C)cc2)nc2c(Br)c(COc3ccccc3OCCO)cc(OC)c21. The average Bonchev–Trinajstić information content (AvgIpc) is 3.31. The smallest absolute Gasteiger partial charge is 0.161 e. The van der Waals surface area contributed by atoms with Crippen molar-refractivity contribution < 1.29 is 24.1 Å². The van der Waals surface area contributed by atoms with E-state index in [0.29, 0.717) is 36.3 Å². The molecule has 3 aromatic carbocycles. The summed E-state index contributed by atoms with van der Waals surface area (Å²) >= 11 is 3.79. The van der Waals surface area contributed by atoms with Gasteiger partial charge in [-0.2, -0.15) is 0 Å². The minimum Gasteiger partial charge on any atom is -0.494 e. The predicted molar refractivity (Wildman–Crippen MR) is 149 cm³/mol. The Kier molecular flexibility index (Phi) is 9.08. The van der Waals surface area contributed by atoms with Crippen LogP contribution in [0.2, 0.25) is 0 Å². The molecular formula is C29H33BrN2O5. The van der Waals surface area contributed by atoms with Gasteiger partial charge in [0.25, 0.3) is 0 Å². The quantitative estimate of drug-likeness (QED) is 0.219. The van der Waals surface area contributed by atoms with Crippen LogP contribution in [0.25, 0.3) is 22.4 Å². The third-order valence-electron chi connectivity index (χ3n) is 6.15. The Morgan fingerprint density at radius 1 is 0.946 bits per heavy atom. The summed E-state index contributed by atoms with van der Waals surface area (Å²) in [5.41, 5.74) is 4.88. The highest BCUT2D eigenvalue weighted by atomic mass is 79.9. The van der Waals surface area contributed by atoms with Crippen molar-refractivity contribution in [2.45, 2.75) is 32.9 Å². The number of halogens is 1. The summed E-state index contributed by atoms with van der Waals surface area (Å²) in [6, 6.07) is 17.9. The summed E-state index contributed by atoms with van der Waals surface area (Å²) in [6.45, 7) is 5.94. The van der Waals surface area contributed by atoms with Crippen LogP contribution in [-0.2, 0) is 17.9 Å². The number of hydrogen-bond donors (Lipinski definition) is 1. The number of nitrogens with zero attached hydrogens (tertiary/aromatic N) is 2. The number of aliphatic hydroxyl groups excluding tert-OH is 1. The molecule has 0 saturated carbocycles. The second-order valence-electron chi connectivity index (χ2n) is 8.91. The van der Waals surface area contributed by atoms with Crippen LogP contribution in [0.4, 0.5) is 0 Å². The van der Waals surface area contributed by atoms with Crippen molar-refractivity contribution >= 4 is 27.0 Å². The van der Waals surface area contributed by atoms with Crippen molar-refractivity contribution in [3.63, 3.8) is 0 Å². The highest BCUT2D eigenvalue weighted by Gasteiger charge is 2.22. The molecule has 4 rings (SSSR count). The molecule has 1 N–H and O–H groups in total. The van der Waals surface area contributed by atoms with E-state index in [0.717, 1.165) is 32.5 Å². The standard InChI is InChI=1S/C29H33BrN2O5/c1-19(2)20-9-11-21(12-10-20)29-31-27-26(30)22(17-25(35-4)28(27)32(29)13-15-34-3)18-37-24-8-6-5-7-23(24)36-16-14-33/h5-12,17,19,33H,13-16,18H2,1-4H3. The molecule has 37 heavy (non-hydrogen) atoms. The maximum atomic E-state index is 9.12. The summed E-state index contributed by atoms with van der Waals surface area (Å²) in [6.07, 6.45) is 0. The first-order valence-electron chi connectivity index (χ1n) is 12.3. The first-order chi connectivity index (χ1) is 18.0. The number of para-hydroxylation sites is 2. The van der Waals surface area contributed by atoms with Crippen LogP contribution in [-0.4, -0.2) is 48.7 Å². The number of benzene rings is 3. The Bertz CT molecular complexity index is 1330. The molecule has 0 saturated heterocycles. The van der Waals surface area contributed by atoms with Gasteiger partial charge in [0.2, 0.25) is 0 Å². The minimum atomic E-state index is -0.0675. The second kappa shape index (κ2) is 12.4. The Labute approximate surface area is 226 Å². The maximum Gasteiger partial charge on any atom is 0.161 e. The molecular weight excluding hydrogens is 536 g/mol. The van der Waals surface area contributed by atoms with Crippen molar-refractivity contribution in [2.75, 3.05) is 34.0 Å². The number of hydrogen-bond acceptors (Lipinski definition) is 6. The van der Waals surface area contributed by atoms with Gasteiger partial charge in [0.05, 0.1) is 24.8 Å². The summed E-state index contributed by atoms with van der Waals surface area (Å²) in [5, 5.41) is 9.12. The van der Waals surface area contributed by atoms with Crippen molar-refractivity contribution in [1.82, 2.24) is 9.55 Å². The molecule has 0 radical (unpaired) electrons. The van der Waals surface area contributed by atoms with E-state index in [9.17, 15) is 0 Å². The van der Waals surface area contributed by atoms with E-state index in [1.165, 1.54) is 5.56 Å². The van der Waals surface area contributed by atoms with Gasteiger partial charge in [-0.1, -0.05) is 50.2 Å². The number of ether oxygens (including phenoxy) is 4. The molecule has 1 heterocycles. The molecule has 0 unspecified atom stereocenters. The lowest BCUT2D eigenvalue weighted by Crippen LogP contribution is -2.07. The normalized spacial score (nSPS) is 11.3. The number of aliphatic hydroxyl groups is 1. The molecule has 0 aliphatic rings. The molecule has 7 nitrogen and oxygen atoms in total. The van der Waals surface area contributed by atoms with Gasteiger partial charge >= 0.3 is 0 Å². The lowest BCUT2D eigenvalue weighted by Gasteiger charge is -2.15. The monoisotopic (exact) mass is 568 g/mol. The highest BCUT2D eigenvalue weighted by molar-refractivity contribution is 9.10. The van der Waals surface area contributed by atoms with Crippen LogP contribution in [0, 0.1) is 0 Å². The van der Waals surface area contributed by atoms with E-state index in [1.54, 1.807) is 14.2 Å². The summed E-state index contributed by atoms with van der Waals surface area (Å²) in [7, 11) is 3.36. The van der Waals surface area contributed by atoms with Gasteiger partial charge in [-0.05, 0) is 45.6 Å². The van der Waals surface area contributed by atoms with E-state index >= 15 is 0 Å². The zero-order valence-electron chi connectivity index (χ0n) is 21.7. The maximum absolute atomic E-state index is 9.12. The molecule has 0 atom stereocenters. The van der Waals surface area contributed by atoms with E-state index < -0.39 is 0 Å². The number of rotatable bonds is 12. The van der Waals surface area contributed by atoms with E-state index in [-0.39, 0.29) is 19.8 Å². The molecule has 0 aliphatic carbocycles. The lowest BCUT2D eigenvalue weighted by atomic mass is 10.0. The Morgan fingerprint density at radius 3 is 2.27 bits per heavy atom. The van der Waals surface area contributed by atoms with Crippen LogP contribution in [0.1, 0.15) is 30.9 Å². The summed E-state index contributed by atoms with van der Waals surface area (Å²) in [4.78, 5) is 5.06. The van der Waals surface area contributed by atoms with Crippen molar-refractivity contribution in [1.29, 1.82) is 0 Å². The van der Waals surface area contributed by atoms with Gasteiger partial charge in [0.15, 0.2) is 11.5 Å². The van der Waals surface area contributed by atoms with E-state index in [2.05, 4.69) is 58.6 Å². The lowest BCUT2D eigenvalue weighted by molar-refractivity contribution is 0.188. The molecule has 8 heteroatoms. The first-order valence-corrected chi connectivity index (χ1v) is 13.1. The third-order valence-corrected chi connectivity index (χ3v) is 7.04. The largest absolute Gasteiger partial charge is 0.494 e. The summed E-state index contributed by atoms with van der Waals surface area (Å²) < 4.78 is 26.0. The summed E-state index contributed by atoms with van der Waals surface area (Å²) in [5.74, 6) is 3.19. The first kappa shape index (κ1) is 27.0. The van der Waals surface area contributed by atoms with Crippen molar-refractivity contribution in [3.05, 3.63) is 70.2 Å². The number of aromatic nitrogens is 2. The minimum absolute atomic E-state index is 0.0675. The van der Waals surface area contributed by atoms with Gasteiger partial charge in [0.1, 0.15) is 35.8 Å². The second-order valence-corrected chi connectivity index (χ2v) is 9.71. The molecule has 4 aromatic rings. The molecule has 0 aliphatic heterocycles. The molecule has 0 fully saturated rings. The van der Waals surface area contributed by atoms with Gasteiger partial charge < -0.3 is 28.6 Å². The molecule has 0 spiro atoms. The Balaban J connectivity index is 1.76. The van der Waals surface area contributed by atoms with Crippen LogP contribution in [0.3, 0.4) is 0 Å². The average molecular weight is 569 g/mol. The molecule has 1 aromatic heterocycles. The number of methoxy groups -OCH3 is 2.